The summed E-state index contributed by atoms with van der Waals surface area (Å²) in [5.41, 5.74) is 15.7. The number of rotatable bonds is 7. The number of allylic oxidation sites excluding steroid dienone is 4. The van der Waals surface area contributed by atoms with Gasteiger partial charge in [0.25, 0.3) is 0 Å². The molecule has 0 saturated carbocycles. The molecule has 0 N–H and O–H groups in total. The van der Waals surface area contributed by atoms with Gasteiger partial charge in [-0.2, -0.15) is 0 Å². The van der Waals surface area contributed by atoms with E-state index in [1.54, 1.807) is 0 Å². The number of aromatic nitrogens is 5. The fraction of sp³-hybridized carbons (Fsp3) is 0.0312. The first-order chi connectivity index (χ1) is 34.2. The Morgan fingerprint density at radius 1 is 0.406 bits per heavy atom. The van der Waals surface area contributed by atoms with E-state index in [-0.39, 0.29) is 6.04 Å². The molecule has 4 heterocycles. The molecule has 0 spiro atoms. The molecule has 69 heavy (non-hydrogen) atoms. The van der Waals surface area contributed by atoms with Crippen LogP contribution >= 0.6 is 0 Å². The predicted octanol–water partition coefficient (Wildman–Crippen LogP) is 16.4. The van der Waals surface area contributed by atoms with Crippen LogP contribution in [0.4, 0.5) is 0 Å². The molecule has 0 bridgehead atoms. The van der Waals surface area contributed by atoms with E-state index in [1.807, 2.05) is 24.3 Å². The zero-order chi connectivity index (χ0) is 45.4. The zero-order valence-corrected chi connectivity index (χ0v) is 37.6. The van der Waals surface area contributed by atoms with E-state index >= 15 is 0 Å². The number of fused-ring (bicyclic) bond motifs is 10. The van der Waals surface area contributed by atoms with E-state index in [9.17, 15) is 0 Å². The normalized spacial score (nSPS) is 13.9. The van der Waals surface area contributed by atoms with E-state index < -0.39 is 0 Å². The highest BCUT2D eigenvalue weighted by atomic mass is 15.0. The largest absolute Gasteiger partial charge is 0.333 e. The Labute approximate surface area is 398 Å². The lowest BCUT2D eigenvalue weighted by atomic mass is 9.94. The Balaban J connectivity index is 0.900. The SMILES string of the molecule is C1=CC(n2c3ccc4ccccc4c3c3c4ccn(-c5ccc6c7ccccc7n(-c7ccc(-c8cc(-c9ccccc9)nc(-c9ccccc9)n8)cc7)c6c5)c4ccc32)CC(c2ccccc2)=C1. The average molecular weight is 882 g/mol. The topological polar surface area (TPSA) is 40.6 Å². The van der Waals surface area contributed by atoms with Crippen molar-refractivity contribution in [2.24, 2.45) is 0 Å². The van der Waals surface area contributed by atoms with Crippen LogP contribution in [0.2, 0.25) is 0 Å². The molecule has 1 aliphatic rings. The molecule has 0 aliphatic heterocycles. The smallest absolute Gasteiger partial charge is 0.160 e. The quantitative estimate of drug-likeness (QED) is 0.160. The molecule has 1 atom stereocenters. The minimum Gasteiger partial charge on any atom is -0.333 e. The van der Waals surface area contributed by atoms with Crippen LogP contribution in [0.15, 0.2) is 243 Å². The molecule has 1 unspecified atom stereocenters. The summed E-state index contributed by atoms with van der Waals surface area (Å²) in [7, 11) is 0. The Kier molecular flexibility index (Phi) is 8.96. The van der Waals surface area contributed by atoms with Gasteiger partial charge in [0.2, 0.25) is 0 Å². The Hall–Kier alpha value is -9.06. The van der Waals surface area contributed by atoms with E-state index in [1.165, 1.54) is 65.4 Å². The lowest BCUT2D eigenvalue weighted by Gasteiger charge is -2.23. The fourth-order valence-electron chi connectivity index (χ4n) is 11.0. The first-order valence-corrected chi connectivity index (χ1v) is 23.7. The highest BCUT2D eigenvalue weighted by Crippen LogP contribution is 2.44. The second-order valence-electron chi connectivity index (χ2n) is 18.1. The molecule has 0 saturated heterocycles. The Bertz CT molecular complexity index is 4130. The third-order valence-corrected chi connectivity index (χ3v) is 14.2. The summed E-state index contributed by atoms with van der Waals surface area (Å²) in [6, 6.07) is 78.7. The molecule has 1 aliphatic carbocycles. The van der Waals surface area contributed by atoms with Crippen LogP contribution < -0.4 is 0 Å². The Morgan fingerprint density at radius 3 is 1.77 bits per heavy atom. The molecule has 9 aromatic carbocycles. The van der Waals surface area contributed by atoms with Gasteiger partial charge in [0.15, 0.2) is 5.82 Å². The van der Waals surface area contributed by atoms with Crippen LogP contribution in [-0.2, 0) is 0 Å². The standard InChI is InChI=1S/C64H43N5/c1-4-15-42(16-5-1)47-22-14-23-50(39-47)69-59-34-29-43-17-10-11-24-51(43)62(59)63-54-37-38-67(57(54)35-36-60(63)69)49-32-33-53-52-25-12-13-26-58(52)68(61(53)40-49)48-30-27-45(28-31-48)56-41-55(44-18-6-2-7-19-44)65-64(66-56)46-20-8-3-9-21-46/h1-38,40-41,50H,39H2. The number of benzene rings is 9. The van der Waals surface area contributed by atoms with Crippen molar-refractivity contribution in [3.63, 3.8) is 0 Å². The molecule has 13 aromatic rings. The van der Waals surface area contributed by atoms with E-state index in [4.69, 9.17) is 9.97 Å². The lowest BCUT2D eigenvalue weighted by molar-refractivity contribution is 0.656. The molecular formula is C64H43N5. The van der Waals surface area contributed by atoms with E-state index in [2.05, 4.69) is 232 Å². The van der Waals surface area contributed by atoms with Gasteiger partial charge in [0, 0.05) is 61.2 Å². The van der Waals surface area contributed by atoms with Crippen molar-refractivity contribution >= 4 is 70.9 Å². The van der Waals surface area contributed by atoms with Crippen LogP contribution in [0.5, 0.6) is 0 Å². The predicted molar refractivity (Wildman–Crippen MR) is 287 cm³/mol. The number of nitrogens with zero attached hydrogens (tertiary/aromatic N) is 5. The van der Waals surface area contributed by atoms with E-state index in [0.29, 0.717) is 5.82 Å². The van der Waals surface area contributed by atoms with Gasteiger partial charge in [-0.15, -0.1) is 0 Å². The van der Waals surface area contributed by atoms with Crippen molar-refractivity contribution < 1.29 is 0 Å². The monoisotopic (exact) mass is 881 g/mol. The van der Waals surface area contributed by atoms with Crippen molar-refractivity contribution in [3.05, 3.63) is 248 Å². The highest BCUT2D eigenvalue weighted by molar-refractivity contribution is 6.28. The van der Waals surface area contributed by atoms with Crippen molar-refractivity contribution in [1.29, 1.82) is 0 Å². The van der Waals surface area contributed by atoms with Crippen LogP contribution in [-0.4, -0.2) is 23.7 Å². The van der Waals surface area contributed by atoms with Gasteiger partial charge in [-0.1, -0.05) is 176 Å². The third kappa shape index (κ3) is 6.39. The lowest BCUT2D eigenvalue weighted by Crippen LogP contribution is -2.09. The molecule has 0 radical (unpaired) electrons. The first-order valence-electron chi connectivity index (χ1n) is 23.7. The van der Waals surface area contributed by atoms with Crippen LogP contribution in [0.25, 0.3) is 116 Å². The summed E-state index contributed by atoms with van der Waals surface area (Å²) in [5, 5.41) is 8.83. The fourth-order valence-corrected chi connectivity index (χ4v) is 11.0. The van der Waals surface area contributed by atoms with Crippen LogP contribution in [0, 0.1) is 0 Å². The summed E-state index contributed by atoms with van der Waals surface area (Å²) >= 11 is 0. The van der Waals surface area contributed by atoms with E-state index in [0.717, 1.165) is 56.9 Å². The van der Waals surface area contributed by atoms with Crippen LogP contribution in [0.3, 0.4) is 0 Å². The molecule has 5 heteroatoms. The summed E-state index contributed by atoms with van der Waals surface area (Å²) < 4.78 is 7.36. The minimum absolute atomic E-state index is 0.170. The van der Waals surface area contributed by atoms with Gasteiger partial charge in [0.05, 0.1) is 45.0 Å². The molecular weight excluding hydrogens is 839 g/mol. The maximum absolute atomic E-state index is 5.12. The Morgan fingerprint density at radius 2 is 1.00 bits per heavy atom. The molecule has 5 nitrogen and oxygen atoms in total. The van der Waals surface area contributed by atoms with Crippen molar-refractivity contribution in [1.82, 2.24) is 23.7 Å². The summed E-state index contributed by atoms with van der Waals surface area (Å²) in [5.74, 6) is 0.708. The average Bonchev–Trinajstić information content (AvgIpc) is 4.12. The zero-order valence-electron chi connectivity index (χ0n) is 37.6. The second kappa shape index (κ2) is 15.8. The summed E-state index contributed by atoms with van der Waals surface area (Å²) in [4.78, 5) is 10.1. The number of hydrogen-bond acceptors (Lipinski definition) is 2. The van der Waals surface area contributed by atoms with Crippen molar-refractivity contribution in [3.8, 4) is 45.3 Å². The second-order valence-corrected chi connectivity index (χ2v) is 18.1. The molecule has 324 valence electrons. The minimum atomic E-state index is 0.170. The van der Waals surface area contributed by atoms with Gasteiger partial charge in [-0.3, -0.25) is 0 Å². The molecule has 0 fully saturated rings. The van der Waals surface area contributed by atoms with Crippen LogP contribution in [0.1, 0.15) is 18.0 Å². The van der Waals surface area contributed by atoms with Crippen molar-refractivity contribution in [2.75, 3.05) is 0 Å². The first kappa shape index (κ1) is 39.1. The van der Waals surface area contributed by atoms with Gasteiger partial charge in [-0.25, -0.2) is 9.97 Å². The number of hydrogen-bond donors (Lipinski definition) is 0. The highest BCUT2D eigenvalue weighted by Gasteiger charge is 2.24. The maximum atomic E-state index is 5.12. The van der Waals surface area contributed by atoms with Gasteiger partial charge < -0.3 is 13.7 Å². The number of para-hydroxylation sites is 1. The van der Waals surface area contributed by atoms with Gasteiger partial charge in [-0.05, 0) is 89.0 Å². The van der Waals surface area contributed by atoms with Crippen molar-refractivity contribution in [2.45, 2.75) is 12.5 Å². The molecule has 14 rings (SSSR count). The van der Waals surface area contributed by atoms with Gasteiger partial charge >= 0.3 is 0 Å². The maximum Gasteiger partial charge on any atom is 0.160 e. The summed E-state index contributed by atoms with van der Waals surface area (Å²) in [6.07, 6.45) is 10.1. The summed E-state index contributed by atoms with van der Waals surface area (Å²) in [6.45, 7) is 0. The third-order valence-electron chi connectivity index (χ3n) is 14.2. The van der Waals surface area contributed by atoms with Gasteiger partial charge in [0.1, 0.15) is 0 Å². The molecule has 0 amide bonds. The molecule has 4 aromatic heterocycles.